The van der Waals surface area contributed by atoms with Crippen molar-refractivity contribution in [2.75, 3.05) is 27.3 Å². The highest BCUT2D eigenvalue weighted by Crippen LogP contribution is 2.23. The fourth-order valence-electron chi connectivity index (χ4n) is 3.07. The van der Waals surface area contributed by atoms with E-state index in [1.54, 1.807) is 14.2 Å². The molecule has 0 bridgehead atoms. The average Bonchev–Trinajstić information content (AvgIpc) is 3.03. The summed E-state index contributed by atoms with van der Waals surface area (Å²) in [7, 11) is 3.32. The minimum absolute atomic E-state index is 0.00977. The number of hydrogen-bond acceptors (Lipinski definition) is 3. The van der Waals surface area contributed by atoms with E-state index in [0.29, 0.717) is 6.54 Å². The van der Waals surface area contributed by atoms with Crippen LogP contribution < -0.4 is 14.8 Å². The highest BCUT2D eigenvalue weighted by atomic mass is 16.5. The molecular formula is C20H24N2O3. The molecule has 5 heteroatoms. The largest absolute Gasteiger partial charge is 0.497 e. The number of urea groups is 1. The molecule has 2 amide bonds. The third-order valence-electron chi connectivity index (χ3n) is 4.56. The molecule has 0 aromatic heterocycles. The van der Waals surface area contributed by atoms with Gasteiger partial charge in [-0.2, -0.15) is 0 Å². The molecule has 1 N–H and O–H groups in total. The van der Waals surface area contributed by atoms with Crippen molar-refractivity contribution in [1.29, 1.82) is 0 Å². The monoisotopic (exact) mass is 340 g/mol. The number of carbonyl (C=O) groups excluding carboxylic acids is 1. The standard InChI is InChI=1S/C20H24N2O3/c1-24-17-9-5-15(6-10-17)4-3-13-22-14-19(21-20(22)23)16-7-11-18(25-2)12-8-16/h5-12,19H,3-4,13-14H2,1-2H3,(H,21,23). The molecule has 1 aliphatic rings. The van der Waals surface area contributed by atoms with Gasteiger partial charge >= 0.3 is 6.03 Å². The van der Waals surface area contributed by atoms with Crippen LogP contribution in [0.1, 0.15) is 23.6 Å². The van der Waals surface area contributed by atoms with E-state index in [-0.39, 0.29) is 12.1 Å². The molecule has 1 aliphatic heterocycles. The van der Waals surface area contributed by atoms with Gasteiger partial charge in [0.05, 0.1) is 20.3 Å². The highest BCUT2D eigenvalue weighted by molar-refractivity contribution is 5.77. The van der Waals surface area contributed by atoms with E-state index >= 15 is 0 Å². The van der Waals surface area contributed by atoms with E-state index in [9.17, 15) is 4.79 Å². The summed E-state index contributed by atoms with van der Waals surface area (Å²) in [6.45, 7) is 1.46. The Morgan fingerprint density at radius 3 is 2.20 bits per heavy atom. The molecule has 1 saturated heterocycles. The SMILES string of the molecule is COc1ccc(CCCN2CC(c3ccc(OC)cc3)NC2=O)cc1. The molecule has 1 unspecified atom stereocenters. The molecule has 2 aromatic carbocycles. The second kappa shape index (κ2) is 7.92. The number of rotatable bonds is 7. The fraction of sp³-hybridized carbons (Fsp3) is 0.350. The first-order valence-corrected chi connectivity index (χ1v) is 8.52. The number of methoxy groups -OCH3 is 2. The molecule has 0 spiro atoms. The molecule has 0 radical (unpaired) electrons. The zero-order valence-electron chi connectivity index (χ0n) is 14.7. The Hall–Kier alpha value is -2.69. The van der Waals surface area contributed by atoms with Crippen molar-refractivity contribution in [3.8, 4) is 11.5 Å². The molecular weight excluding hydrogens is 316 g/mol. The van der Waals surface area contributed by atoms with Crippen LogP contribution in [-0.4, -0.2) is 38.2 Å². The lowest BCUT2D eigenvalue weighted by molar-refractivity contribution is 0.217. The van der Waals surface area contributed by atoms with Crippen LogP contribution in [0.2, 0.25) is 0 Å². The molecule has 1 heterocycles. The van der Waals surface area contributed by atoms with Crippen molar-refractivity contribution in [3.63, 3.8) is 0 Å². The molecule has 0 saturated carbocycles. The van der Waals surface area contributed by atoms with Crippen LogP contribution in [0.15, 0.2) is 48.5 Å². The number of benzene rings is 2. The summed E-state index contributed by atoms with van der Waals surface area (Å²) in [4.78, 5) is 14.1. The van der Waals surface area contributed by atoms with Gasteiger partial charge < -0.3 is 19.7 Å². The molecule has 25 heavy (non-hydrogen) atoms. The van der Waals surface area contributed by atoms with Crippen LogP contribution >= 0.6 is 0 Å². The van der Waals surface area contributed by atoms with E-state index in [4.69, 9.17) is 9.47 Å². The number of aryl methyl sites for hydroxylation is 1. The van der Waals surface area contributed by atoms with E-state index in [0.717, 1.165) is 36.4 Å². The van der Waals surface area contributed by atoms with Crippen molar-refractivity contribution in [1.82, 2.24) is 10.2 Å². The van der Waals surface area contributed by atoms with Crippen molar-refractivity contribution < 1.29 is 14.3 Å². The lowest BCUT2D eigenvalue weighted by Gasteiger charge is -2.15. The smallest absolute Gasteiger partial charge is 0.318 e. The summed E-state index contributed by atoms with van der Waals surface area (Å²) in [6, 6.07) is 16.0. The highest BCUT2D eigenvalue weighted by Gasteiger charge is 2.29. The maximum Gasteiger partial charge on any atom is 0.318 e. The van der Waals surface area contributed by atoms with Gasteiger partial charge in [-0.15, -0.1) is 0 Å². The first-order valence-electron chi connectivity index (χ1n) is 8.52. The van der Waals surface area contributed by atoms with Crippen LogP contribution in [0.3, 0.4) is 0 Å². The van der Waals surface area contributed by atoms with E-state index in [1.807, 2.05) is 41.3 Å². The zero-order valence-corrected chi connectivity index (χ0v) is 14.7. The Bertz CT molecular complexity index is 698. The normalized spacial score (nSPS) is 16.6. The summed E-state index contributed by atoms with van der Waals surface area (Å²) in [5, 5.41) is 3.05. The molecule has 1 atom stereocenters. The Labute approximate surface area is 148 Å². The average molecular weight is 340 g/mol. The first kappa shape index (κ1) is 17.1. The second-order valence-corrected chi connectivity index (χ2v) is 6.17. The molecule has 0 aliphatic carbocycles. The van der Waals surface area contributed by atoms with Crippen LogP contribution in [0.25, 0.3) is 0 Å². The third kappa shape index (κ3) is 4.24. The number of nitrogens with one attached hydrogen (secondary N) is 1. The molecule has 132 valence electrons. The van der Waals surface area contributed by atoms with E-state index < -0.39 is 0 Å². The summed E-state index contributed by atoms with van der Waals surface area (Å²) in [5.41, 5.74) is 2.36. The summed E-state index contributed by atoms with van der Waals surface area (Å²) < 4.78 is 10.3. The van der Waals surface area contributed by atoms with Gasteiger partial charge in [0, 0.05) is 13.1 Å². The van der Waals surface area contributed by atoms with Crippen LogP contribution in [0.5, 0.6) is 11.5 Å². The first-order chi connectivity index (χ1) is 12.2. The number of carbonyl (C=O) groups is 1. The van der Waals surface area contributed by atoms with Gasteiger partial charge in [0.25, 0.3) is 0 Å². The fourth-order valence-corrected chi connectivity index (χ4v) is 3.07. The third-order valence-corrected chi connectivity index (χ3v) is 4.56. The van der Waals surface area contributed by atoms with Crippen molar-refractivity contribution in [3.05, 3.63) is 59.7 Å². The topological polar surface area (TPSA) is 50.8 Å². The molecule has 5 nitrogen and oxygen atoms in total. The van der Waals surface area contributed by atoms with Gasteiger partial charge in [0.2, 0.25) is 0 Å². The summed E-state index contributed by atoms with van der Waals surface area (Å²) >= 11 is 0. The van der Waals surface area contributed by atoms with Gasteiger partial charge in [-0.3, -0.25) is 0 Å². The summed E-state index contributed by atoms with van der Waals surface area (Å²) in [6.07, 6.45) is 1.88. The van der Waals surface area contributed by atoms with Crippen molar-refractivity contribution >= 4 is 6.03 Å². The maximum absolute atomic E-state index is 12.2. The minimum Gasteiger partial charge on any atom is -0.497 e. The Morgan fingerprint density at radius 1 is 1.00 bits per heavy atom. The van der Waals surface area contributed by atoms with Gasteiger partial charge in [-0.05, 0) is 48.2 Å². The Kier molecular flexibility index (Phi) is 5.43. The Balaban J connectivity index is 1.50. The van der Waals surface area contributed by atoms with Gasteiger partial charge in [-0.25, -0.2) is 4.79 Å². The van der Waals surface area contributed by atoms with Gasteiger partial charge in [0.1, 0.15) is 11.5 Å². The van der Waals surface area contributed by atoms with Crippen LogP contribution in [0.4, 0.5) is 4.79 Å². The van der Waals surface area contributed by atoms with Crippen LogP contribution in [-0.2, 0) is 6.42 Å². The predicted molar refractivity (Wildman–Crippen MR) is 97.2 cm³/mol. The number of ether oxygens (including phenoxy) is 2. The Morgan fingerprint density at radius 2 is 1.60 bits per heavy atom. The van der Waals surface area contributed by atoms with Crippen LogP contribution in [0, 0.1) is 0 Å². The van der Waals surface area contributed by atoms with E-state index in [2.05, 4.69) is 17.4 Å². The zero-order chi connectivity index (χ0) is 17.6. The van der Waals surface area contributed by atoms with E-state index in [1.165, 1.54) is 5.56 Å². The minimum atomic E-state index is 0.00977. The maximum atomic E-state index is 12.2. The molecule has 3 rings (SSSR count). The number of amides is 2. The predicted octanol–water partition coefficient (Wildman–Crippen LogP) is 3.40. The lowest BCUT2D eigenvalue weighted by Crippen LogP contribution is -2.29. The van der Waals surface area contributed by atoms with Gasteiger partial charge in [0.15, 0.2) is 0 Å². The number of hydrogen-bond donors (Lipinski definition) is 1. The van der Waals surface area contributed by atoms with Crippen molar-refractivity contribution in [2.24, 2.45) is 0 Å². The summed E-state index contributed by atoms with van der Waals surface area (Å²) in [5.74, 6) is 1.69. The van der Waals surface area contributed by atoms with Crippen molar-refractivity contribution in [2.45, 2.75) is 18.9 Å². The second-order valence-electron chi connectivity index (χ2n) is 6.17. The quantitative estimate of drug-likeness (QED) is 0.840. The number of nitrogens with zero attached hydrogens (tertiary/aromatic N) is 1. The van der Waals surface area contributed by atoms with Gasteiger partial charge in [-0.1, -0.05) is 24.3 Å². The molecule has 2 aromatic rings. The molecule has 1 fully saturated rings. The lowest BCUT2D eigenvalue weighted by atomic mass is 10.1.